The van der Waals surface area contributed by atoms with E-state index in [-0.39, 0.29) is 11.7 Å². The number of aromatic nitrogens is 1. The molecule has 5 nitrogen and oxygen atoms in total. The van der Waals surface area contributed by atoms with Crippen LogP contribution in [0.1, 0.15) is 26.7 Å². The van der Waals surface area contributed by atoms with E-state index in [4.69, 9.17) is 4.74 Å². The summed E-state index contributed by atoms with van der Waals surface area (Å²) in [6.45, 7) is 4.84. The van der Waals surface area contributed by atoms with E-state index in [1.165, 1.54) is 11.5 Å². The van der Waals surface area contributed by atoms with Gasteiger partial charge in [0, 0.05) is 6.54 Å². The predicted molar refractivity (Wildman–Crippen MR) is 84.9 cm³/mol. The quantitative estimate of drug-likeness (QED) is 0.835. The van der Waals surface area contributed by atoms with Crippen molar-refractivity contribution in [2.75, 3.05) is 6.54 Å². The van der Waals surface area contributed by atoms with Crippen molar-refractivity contribution in [1.82, 2.24) is 9.27 Å². The Bertz CT molecular complexity index is 662. The maximum atomic E-state index is 12.2. The molecule has 0 aliphatic heterocycles. The summed E-state index contributed by atoms with van der Waals surface area (Å²) in [6, 6.07) is 7.49. The van der Waals surface area contributed by atoms with Crippen LogP contribution in [0.4, 0.5) is 4.79 Å². The van der Waals surface area contributed by atoms with Crippen LogP contribution in [0.3, 0.4) is 0 Å². The number of hydrogen-bond acceptors (Lipinski definition) is 4. The van der Waals surface area contributed by atoms with Crippen molar-refractivity contribution in [3.05, 3.63) is 34.6 Å². The smallest absolute Gasteiger partial charge is 0.407 e. The van der Waals surface area contributed by atoms with Gasteiger partial charge in [-0.1, -0.05) is 37.0 Å². The van der Waals surface area contributed by atoms with Gasteiger partial charge in [0.25, 0.3) is 5.56 Å². The lowest BCUT2D eigenvalue weighted by molar-refractivity contribution is 0.0986. The van der Waals surface area contributed by atoms with E-state index < -0.39 is 6.09 Å². The minimum absolute atomic E-state index is 0.0301. The number of amides is 1. The third kappa shape index (κ3) is 4.07. The van der Waals surface area contributed by atoms with Gasteiger partial charge in [0.2, 0.25) is 0 Å². The Morgan fingerprint density at radius 2 is 2.19 bits per heavy atom. The van der Waals surface area contributed by atoms with E-state index >= 15 is 0 Å². The molecule has 1 heterocycles. The van der Waals surface area contributed by atoms with E-state index in [2.05, 4.69) is 12.2 Å². The van der Waals surface area contributed by atoms with Crippen LogP contribution in [0.5, 0.6) is 0 Å². The summed E-state index contributed by atoms with van der Waals surface area (Å²) >= 11 is 1.39. The van der Waals surface area contributed by atoms with Gasteiger partial charge in [-0.15, -0.1) is 0 Å². The highest BCUT2D eigenvalue weighted by atomic mass is 32.1. The maximum Gasteiger partial charge on any atom is 0.407 e. The van der Waals surface area contributed by atoms with Gasteiger partial charge in [0.15, 0.2) is 0 Å². The van der Waals surface area contributed by atoms with Gasteiger partial charge >= 0.3 is 6.09 Å². The number of benzene rings is 1. The van der Waals surface area contributed by atoms with Crippen molar-refractivity contribution >= 4 is 27.7 Å². The van der Waals surface area contributed by atoms with Crippen LogP contribution in [-0.2, 0) is 11.3 Å². The number of fused-ring (bicyclic) bond motifs is 1. The van der Waals surface area contributed by atoms with E-state index in [0.29, 0.717) is 18.5 Å². The number of carbonyl (C=O) groups excluding carboxylic acids is 1. The second-order valence-electron chi connectivity index (χ2n) is 4.95. The van der Waals surface area contributed by atoms with E-state index in [0.717, 1.165) is 17.5 Å². The summed E-state index contributed by atoms with van der Waals surface area (Å²) in [5, 5.41) is 3.41. The fraction of sp³-hybridized carbons (Fsp3) is 0.467. The molecule has 1 aromatic carbocycles. The van der Waals surface area contributed by atoms with Gasteiger partial charge in [-0.2, -0.15) is 0 Å². The van der Waals surface area contributed by atoms with Gasteiger partial charge in [0.1, 0.15) is 6.10 Å². The van der Waals surface area contributed by atoms with Crippen LogP contribution < -0.4 is 10.9 Å². The molecule has 0 aliphatic rings. The van der Waals surface area contributed by atoms with Crippen LogP contribution in [0.15, 0.2) is 29.1 Å². The number of hydrogen-bond donors (Lipinski definition) is 1. The molecule has 1 N–H and O–H groups in total. The van der Waals surface area contributed by atoms with E-state index in [9.17, 15) is 9.59 Å². The molecule has 0 saturated heterocycles. The molecule has 0 bridgehead atoms. The number of unbranched alkanes of at least 4 members (excludes halogenated alkanes) is 1. The number of alkyl carbamates (subject to hydrolysis) is 1. The van der Waals surface area contributed by atoms with Crippen molar-refractivity contribution in [3.8, 4) is 0 Å². The number of carbonyl (C=O) groups is 1. The highest BCUT2D eigenvalue weighted by Crippen LogP contribution is 2.16. The van der Waals surface area contributed by atoms with Gasteiger partial charge < -0.3 is 10.1 Å². The number of nitrogens with one attached hydrogen (secondary N) is 1. The standard InChI is InChI=1S/C15H20N2O3S/c1-3-4-9-16-15(19)20-11(2)10-17-14(18)12-7-5-6-8-13(12)21-17/h5-8,11H,3-4,9-10H2,1-2H3,(H,16,19). The van der Waals surface area contributed by atoms with Gasteiger partial charge in [-0.05, 0) is 25.5 Å². The lowest BCUT2D eigenvalue weighted by Gasteiger charge is -2.13. The predicted octanol–water partition coefficient (Wildman–Crippen LogP) is 2.98. The van der Waals surface area contributed by atoms with Gasteiger partial charge in [-0.25, -0.2) is 4.79 Å². The number of ether oxygens (including phenoxy) is 1. The van der Waals surface area contributed by atoms with Crippen molar-refractivity contribution in [1.29, 1.82) is 0 Å². The molecule has 1 amide bonds. The molecule has 0 saturated carbocycles. The molecule has 114 valence electrons. The summed E-state index contributed by atoms with van der Waals surface area (Å²) in [5.74, 6) is 0. The fourth-order valence-electron chi connectivity index (χ4n) is 2.00. The average molecular weight is 308 g/mol. The summed E-state index contributed by atoms with van der Waals surface area (Å²) in [7, 11) is 0. The third-order valence-corrected chi connectivity index (χ3v) is 4.17. The molecule has 0 fully saturated rings. The molecule has 1 unspecified atom stereocenters. The molecule has 2 rings (SSSR count). The van der Waals surface area contributed by atoms with Crippen molar-refractivity contribution in [2.24, 2.45) is 0 Å². The van der Waals surface area contributed by atoms with Crippen molar-refractivity contribution < 1.29 is 9.53 Å². The highest BCUT2D eigenvalue weighted by Gasteiger charge is 2.13. The Kier molecular flexibility index (Phi) is 5.38. The Labute approximate surface area is 127 Å². The first-order valence-electron chi connectivity index (χ1n) is 7.15. The Morgan fingerprint density at radius 1 is 1.43 bits per heavy atom. The number of rotatable bonds is 6. The van der Waals surface area contributed by atoms with Gasteiger partial charge in [-0.3, -0.25) is 8.75 Å². The highest BCUT2D eigenvalue weighted by molar-refractivity contribution is 7.13. The largest absolute Gasteiger partial charge is 0.445 e. The van der Waals surface area contributed by atoms with Crippen molar-refractivity contribution in [2.45, 2.75) is 39.3 Å². The second-order valence-corrected chi connectivity index (χ2v) is 6.01. The summed E-state index contributed by atoms with van der Waals surface area (Å²) in [6.07, 6.45) is 1.18. The zero-order valence-corrected chi connectivity index (χ0v) is 13.1. The first-order valence-corrected chi connectivity index (χ1v) is 7.92. The van der Waals surface area contributed by atoms with Crippen LogP contribution >= 0.6 is 11.5 Å². The van der Waals surface area contributed by atoms with Crippen molar-refractivity contribution in [3.63, 3.8) is 0 Å². The molecule has 0 radical (unpaired) electrons. The number of nitrogens with zero attached hydrogens (tertiary/aromatic N) is 1. The lowest BCUT2D eigenvalue weighted by atomic mass is 10.3. The minimum Gasteiger partial charge on any atom is -0.445 e. The summed E-state index contributed by atoms with van der Waals surface area (Å²) < 4.78 is 7.83. The monoisotopic (exact) mass is 308 g/mol. The Hall–Kier alpha value is -1.82. The zero-order valence-electron chi connectivity index (χ0n) is 12.3. The molecule has 1 atom stereocenters. The first kappa shape index (κ1) is 15.6. The average Bonchev–Trinajstić information content (AvgIpc) is 2.76. The fourth-order valence-corrected chi connectivity index (χ4v) is 3.10. The second kappa shape index (κ2) is 7.26. The Morgan fingerprint density at radius 3 is 2.90 bits per heavy atom. The molecular formula is C15H20N2O3S. The summed E-state index contributed by atoms with van der Waals surface area (Å²) in [4.78, 5) is 23.7. The Balaban J connectivity index is 1.95. The molecule has 1 aromatic heterocycles. The molecule has 21 heavy (non-hydrogen) atoms. The molecule has 6 heteroatoms. The molecule has 0 spiro atoms. The zero-order chi connectivity index (χ0) is 15.2. The van der Waals surface area contributed by atoms with Crippen LogP contribution in [0, 0.1) is 0 Å². The van der Waals surface area contributed by atoms with Gasteiger partial charge in [0.05, 0.1) is 16.6 Å². The summed E-state index contributed by atoms with van der Waals surface area (Å²) in [5.41, 5.74) is -0.0301. The minimum atomic E-state index is -0.426. The SMILES string of the molecule is CCCCNC(=O)OC(C)Cn1sc2ccccc2c1=O. The maximum absolute atomic E-state index is 12.2. The lowest BCUT2D eigenvalue weighted by Crippen LogP contribution is -2.31. The van der Waals surface area contributed by atoms with Crippen LogP contribution in [0.2, 0.25) is 0 Å². The molecule has 2 aromatic rings. The third-order valence-electron chi connectivity index (χ3n) is 3.08. The molecular weight excluding hydrogens is 288 g/mol. The topological polar surface area (TPSA) is 60.3 Å². The normalized spacial score (nSPS) is 12.3. The molecule has 0 aliphatic carbocycles. The van der Waals surface area contributed by atoms with E-state index in [1.807, 2.05) is 24.3 Å². The first-order chi connectivity index (χ1) is 10.1. The van der Waals surface area contributed by atoms with Crippen LogP contribution in [-0.4, -0.2) is 22.7 Å². The van der Waals surface area contributed by atoms with E-state index in [1.54, 1.807) is 10.9 Å². The van der Waals surface area contributed by atoms with Crippen LogP contribution in [0.25, 0.3) is 10.1 Å².